The molecule has 2 aromatic heterocycles. The maximum atomic E-state index is 11.6. The smallest absolute Gasteiger partial charge is 0.372 e. The standard InChI is InChI=1S/C17H23N5O4/c23-22(24)17-16(19-15-3-1-2-5-21(15)17)18-11-14(13-4-8-26-12-13)20-6-9-25-10-7-20/h1-3,5,13-14,18H,4,6-12H2/t13-,14+/m0/s1. The van der Waals surface area contributed by atoms with E-state index >= 15 is 0 Å². The Morgan fingerprint density at radius 3 is 2.88 bits per heavy atom. The van der Waals surface area contributed by atoms with Gasteiger partial charge < -0.3 is 24.9 Å². The third kappa shape index (κ3) is 3.37. The molecule has 1 N–H and O–H groups in total. The van der Waals surface area contributed by atoms with Crippen molar-refractivity contribution >= 4 is 17.3 Å². The molecule has 26 heavy (non-hydrogen) atoms. The number of nitrogens with one attached hydrogen (secondary N) is 1. The number of hydrogen-bond donors (Lipinski definition) is 1. The largest absolute Gasteiger partial charge is 0.381 e. The maximum Gasteiger partial charge on any atom is 0.372 e. The molecule has 0 amide bonds. The molecule has 0 aromatic carbocycles. The molecule has 0 unspecified atom stereocenters. The Balaban J connectivity index is 1.56. The first-order chi connectivity index (χ1) is 12.7. The van der Waals surface area contributed by atoms with Crippen LogP contribution in [0.4, 0.5) is 11.6 Å². The van der Waals surface area contributed by atoms with Crippen LogP contribution in [-0.2, 0) is 9.47 Å². The summed E-state index contributed by atoms with van der Waals surface area (Å²) in [6.45, 7) is 5.29. The van der Waals surface area contributed by atoms with E-state index in [1.165, 1.54) is 4.40 Å². The molecule has 4 rings (SSSR count). The van der Waals surface area contributed by atoms with Crippen molar-refractivity contribution in [3.63, 3.8) is 0 Å². The van der Waals surface area contributed by atoms with Gasteiger partial charge in [-0.2, -0.15) is 9.38 Å². The summed E-state index contributed by atoms with van der Waals surface area (Å²) in [7, 11) is 0. The van der Waals surface area contributed by atoms with Crippen LogP contribution in [0.2, 0.25) is 0 Å². The number of morpholine rings is 1. The fraction of sp³-hybridized carbons (Fsp3) is 0.588. The highest BCUT2D eigenvalue weighted by molar-refractivity contribution is 5.62. The van der Waals surface area contributed by atoms with E-state index in [1.54, 1.807) is 18.3 Å². The van der Waals surface area contributed by atoms with E-state index in [4.69, 9.17) is 9.47 Å². The van der Waals surface area contributed by atoms with Crippen molar-refractivity contribution in [2.75, 3.05) is 51.4 Å². The third-order valence-electron chi connectivity index (χ3n) is 5.18. The third-order valence-corrected chi connectivity index (χ3v) is 5.18. The highest BCUT2D eigenvalue weighted by Gasteiger charge is 2.32. The van der Waals surface area contributed by atoms with Gasteiger partial charge in [0.1, 0.15) is 0 Å². The molecule has 0 aliphatic carbocycles. The lowest BCUT2D eigenvalue weighted by Gasteiger charge is -2.37. The molecule has 0 radical (unpaired) electrons. The molecule has 0 saturated carbocycles. The van der Waals surface area contributed by atoms with Crippen LogP contribution in [0.5, 0.6) is 0 Å². The Morgan fingerprint density at radius 2 is 2.15 bits per heavy atom. The molecule has 2 saturated heterocycles. The van der Waals surface area contributed by atoms with Crippen molar-refractivity contribution in [3.05, 3.63) is 34.5 Å². The van der Waals surface area contributed by atoms with Gasteiger partial charge in [0.15, 0.2) is 0 Å². The van der Waals surface area contributed by atoms with Crippen LogP contribution >= 0.6 is 0 Å². The zero-order valence-corrected chi connectivity index (χ0v) is 14.5. The Bertz CT molecular complexity index is 768. The van der Waals surface area contributed by atoms with Gasteiger partial charge in [0.25, 0.3) is 0 Å². The lowest BCUT2D eigenvalue weighted by Crippen LogP contribution is -2.50. The van der Waals surface area contributed by atoms with Gasteiger partial charge in [-0.1, -0.05) is 6.07 Å². The number of hydrogen-bond acceptors (Lipinski definition) is 7. The fourth-order valence-electron chi connectivity index (χ4n) is 3.84. The van der Waals surface area contributed by atoms with Gasteiger partial charge in [-0.05, 0) is 17.4 Å². The van der Waals surface area contributed by atoms with Gasteiger partial charge in [0.05, 0.1) is 26.0 Å². The molecule has 9 heteroatoms. The molecular weight excluding hydrogens is 338 g/mol. The summed E-state index contributed by atoms with van der Waals surface area (Å²) in [6, 6.07) is 5.59. The predicted molar refractivity (Wildman–Crippen MR) is 95.4 cm³/mol. The Labute approximate surface area is 151 Å². The van der Waals surface area contributed by atoms with Crippen molar-refractivity contribution in [3.8, 4) is 0 Å². The molecule has 4 heterocycles. The number of rotatable bonds is 6. The van der Waals surface area contributed by atoms with E-state index < -0.39 is 0 Å². The molecule has 9 nitrogen and oxygen atoms in total. The number of fused-ring (bicyclic) bond motifs is 1. The van der Waals surface area contributed by atoms with Crippen LogP contribution in [0.1, 0.15) is 6.42 Å². The second-order valence-electron chi connectivity index (χ2n) is 6.69. The van der Waals surface area contributed by atoms with Gasteiger partial charge >= 0.3 is 5.82 Å². The van der Waals surface area contributed by atoms with E-state index in [0.29, 0.717) is 23.9 Å². The van der Waals surface area contributed by atoms with Crippen LogP contribution < -0.4 is 5.32 Å². The van der Waals surface area contributed by atoms with Gasteiger partial charge in [-0.25, -0.2) is 0 Å². The SMILES string of the molecule is O=[N+]([O-])c1c(NC[C@H]([C@H]2CCOC2)N2CCOCC2)nc2ccccn12. The molecule has 0 bridgehead atoms. The normalized spacial score (nSPS) is 22.5. The summed E-state index contributed by atoms with van der Waals surface area (Å²) in [4.78, 5) is 18.0. The summed E-state index contributed by atoms with van der Waals surface area (Å²) < 4.78 is 12.5. The van der Waals surface area contributed by atoms with Crippen molar-refractivity contribution in [2.45, 2.75) is 12.5 Å². The molecule has 2 atom stereocenters. The molecule has 2 aliphatic heterocycles. The second-order valence-corrected chi connectivity index (χ2v) is 6.69. The molecule has 0 spiro atoms. The molecule has 140 valence electrons. The first kappa shape index (κ1) is 17.2. The second kappa shape index (κ2) is 7.56. The zero-order chi connectivity index (χ0) is 17.9. The predicted octanol–water partition coefficient (Wildman–Crippen LogP) is 1.39. The average molecular weight is 361 g/mol. The zero-order valence-electron chi connectivity index (χ0n) is 14.5. The van der Waals surface area contributed by atoms with E-state index in [0.717, 1.165) is 45.9 Å². The number of nitro groups is 1. The van der Waals surface area contributed by atoms with Crippen molar-refractivity contribution in [1.82, 2.24) is 14.3 Å². The van der Waals surface area contributed by atoms with Gasteiger partial charge in [0.2, 0.25) is 11.5 Å². The minimum Gasteiger partial charge on any atom is -0.381 e. The minimum absolute atomic E-state index is 0.0241. The van der Waals surface area contributed by atoms with Crippen LogP contribution in [0.15, 0.2) is 24.4 Å². The van der Waals surface area contributed by atoms with E-state index in [-0.39, 0.29) is 16.8 Å². The Morgan fingerprint density at radius 1 is 1.31 bits per heavy atom. The number of anilines is 1. The maximum absolute atomic E-state index is 11.6. The monoisotopic (exact) mass is 361 g/mol. The van der Waals surface area contributed by atoms with Crippen molar-refractivity contribution in [1.29, 1.82) is 0 Å². The average Bonchev–Trinajstić information content (AvgIpc) is 3.30. The summed E-state index contributed by atoms with van der Waals surface area (Å²) in [5.41, 5.74) is 0.564. The minimum atomic E-state index is -0.384. The molecule has 2 aliphatic rings. The number of pyridine rings is 1. The highest BCUT2D eigenvalue weighted by Crippen LogP contribution is 2.27. The lowest BCUT2D eigenvalue weighted by atomic mass is 9.97. The van der Waals surface area contributed by atoms with Gasteiger partial charge in [-0.3, -0.25) is 4.90 Å². The summed E-state index contributed by atoms with van der Waals surface area (Å²) in [5, 5.41) is 14.8. The summed E-state index contributed by atoms with van der Waals surface area (Å²) in [6.07, 6.45) is 2.67. The van der Waals surface area contributed by atoms with Crippen LogP contribution in [0.3, 0.4) is 0 Å². The van der Waals surface area contributed by atoms with Crippen molar-refractivity contribution in [2.24, 2.45) is 5.92 Å². The van der Waals surface area contributed by atoms with Gasteiger partial charge in [-0.15, -0.1) is 0 Å². The topological polar surface area (TPSA) is 94.2 Å². The van der Waals surface area contributed by atoms with Crippen LogP contribution in [0, 0.1) is 16.0 Å². The Hall–Kier alpha value is -2.23. The van der Waals surface area contributed by atoms with E-state index in [9.17, 15) is 10.1 Å². The Kier molecular flexibility index (Phi) is 5.00. The quantitative estimate of drug-likeness (QED) is 0.614. The van der Waals surface area contributed by atoms with E-state index in [2.05, 4.69) is 15.2 Å². The first-order valence-corrected chi connectivity index (χ1v) is 8.99. The number of imidazole rings is 1. The van der Waals surface area contributed by atoms with E-state index in [1.807, 2.05) is 6.07 Å². The molecule has 2 fully saturated rings. The number of ether oxygens (including phenoxy) is 2. The van der Waals surface area contributed by atoms with Crippen LogP contribution in [-0.4, -0.2) is 71.3 Å². The summed E-state index contributed by atoms with van der Waals surface area (Å²) >= 11 is 0. The van der Waals surface area contributed by atoms with Crippen LogP contribution in [0.25, 0.3) is 5.65 Å². The number of nitrogens with zero attached hydrogens (tertiary/aromatic N) is 4. The summed E-state index contributed by atoms with van der Waals surface area (Å²) in [5.74, 6) is 0.707. The molecular formula is C17H23N5O4. The fourth-order valence-corrected chi connectivity index (χ4v) is 3.84. The first-order valence-electron chi connectivity index (χ1n) is 8.99. The van der Waals surface area contributed by atoms with Crippen molar-refractivity contribution < 1.29 is 14.4 Å². The highest BCUT2D eigenvalue weighted by atomic mass is 16.6. The number of aromatic nitrogens is 2. The lowest BCUT2D eigenvalue weighted by molar-refractivity contribution is -0.389. The van der Waals surface area contributed by atoms with Gasteiger partial charge in [0, 0.05) is 44.3 Å². The molecule has 2 aromatic rings.